The summed E-state index contributed by atoms with van der Waals surface area (Å²) in [7, 11) is 1.88. The van der Waals surface area contributed by atoms with Crippen LogP contribution in [0.1, 0.15) is 25.3 Å². The number of hydrogen-bond acceptors (Lipinski definition) is 3. The summed E-state index contributed by atoms with van der Waals surface area (Å²) in [6, 6.07) is -0.0761. The van der Waals surface area contributed by atoms with Gasteiger partial charge in [-0.15, -0.1) is 0 Å². The number of carbonyl (C=O) groups is 1. The Morgan fingerprint density at radius 2 is 2.53 bits per heavy atom. The van der Waals surface area contributed by atoms with Gasteiger partial charge in [0.15, 0.2) is 0 Å². The summed E-state index contributed by atoms with van der Waals surface area (Å²) in [6.07, 6.45) is 6.82. The third kappa shape index (κ3) is 4.24. The van der Waals surface area contributed by atoms with Crippen molar-refractivity contribution in [1.82, 2.24) is 20.4 Å². The molecule has 2 amide bonds. The van der Waals surface area contributed by atoms with Gasteiger partial charge in [-0.1, -0.05) is 0 Å². The van der Waals surface area contributed by atoms with E-state index in [9.17, 15) is 4.79 Å². The minimum Gasteiger partial charge on any atom is -0.376 e. The Kier molecular flexibility index (Phi) is 4.79. The van der Waals surface area contributed by atoms with Crippen molar-refractivity contribution < 1.29 is 9.53 Å². The second-order valence-electron chi connectivity index (χ2n) is 5.01. The second kappa shape index (κ2) is 6.56. The Labute approximate surface area is 113 Å². The van der Waals surface area contributed by atoms with Crippen LogP contribution in [-0.4, -0.2) is 41.1 Å². The first kappa shape index (κ1) is 13.9. The van der Waals surface area contributed by atoms with Crippen LogP contribution in [0.2, 0.25) is 0 Å². The predicted molar refractivity (Wildman–Crippen MR) is 71.9 cm³/mol. The SMILES string of the molecule is CC(NC(=O)NCCc1cnn(C)c1)C1CCCO1. The fraction of sp³-hybridized carbons (Fsp3) is 0.692. The van der Waals surface area contributed by atoms with Crippen molar-refractivity contribution in [2.45, 2.75) is 38.3 Å². The van der Waals surface area contributed by atoms with Gasteiger partial charge in [0.2, 0.25) is 0 Å². The predicted octanol–water partition coefficient (Wildman–Crippen LogP) is 0.829. The fourth-order valence-electron chi connectivity index (χ4n) is 2.27. The zero-order valence-electron chi connectivity index (χ0n) is 11.6. The first-order valence-corrected chi connectivity index (χ1v) is 6.78. The number of rotatable bonds is 5. The molecule has 0 spiro atoms. The molecule has 0 aromatic carbocycles. The summed E-state index contributed by atoms with van der Waals surface area (Å²) < 4.78 is 7.30. The molecule has 2 atom stereocenters. The van der Waals surface area contributed by atoms with Crippen LogP contribution in [0, 0.1) is 0 Å². The van der Waals surface area contributed by atoms with E-state index in [1.165, 1.54) is 0 Å². The highest BCUT2D eigenvalue weighted by Gasteiger charge is 2.23. The standard InChI is InChI=1S/C13H22N4O2/c1-10(12-4-3-7-19-12)16-13(18)14-6-5-11-8-15-17(2)9-11/h8-10,12H,3-7H2,1-2H3,(H2,14,16,18). The quantitative estimate of drug-likeness (QED) is 0.829. The topological polar surface area (TPSA) is 68.2 Å². The monoisotopic (exact) mass is 266 g/mol. The Balaban J connectivity index is 1.64. The van der Waals surface area contributed by atoms with E-state index < -0.39 is 0 Å². The lowest BCUT2D eigenvalue weighted by molar-refractivity contribution is 0.0860. The zero-order chi connectivity index (χ0) is 13.7. The van der Waals surface area contributed by atoms with Crippen LogP contribution in [0.15, 0.2) is 12.4 Å². The Bertz CT molecular complexity index is 413. The number of nitrogens with one attached hydrogen (secondary N) is 2. The summed E-state index contributed by atoms with van der Waals surface area (Å²) in [6.45, 7) is 3.39. The zero-order valence-corrected chi connectivity index (χ0v) is 11.6. The van der Waals surface area contributed by atoms with Crippen molar-refractivity contribution >= 4 is 6.03 Å². The normalized spacial score (nSPS) is 20.2. The molecular weight excluding hydrogens is 244 g/mol. The van der Waals surface area contributed by atoms with Gasteiger partial charge >= 0.3 is 6.03 Å². The van der Waals surface area contributed by atoms with E-state index in [1.54, 1.807) is 4.68 Å². The molecule has 6 heteroatoms. The van der Waals surface area contributed by atoms with Gasteiger partial charge < -0.3 is 15.4 Å². The van der Waals surface area contributed by atoms with Crippen LogP contribution in [0.25, 0.3) is 0 Å². The molecule has 1 aliphatic heterocycles. The minimum atomic E-state index is -0.133. The van der Waals surface area contributed by atoms with Crippen molar-refractivity contribution in [2.75, 3.05) is 13.2 Å². The summed E-state index contributed by atoms with van der Waals surface area (Å²) in [5.41, 5.74) is 1.12. The number of urea groups is 1. The van der Waals surface area contributed by atoms with E-state index in [0.29, 0.717) is 6.54 Å². The molecule has 106 valence electrons. The lowest BCUT2D eigenvalue weighted by Gasteiger charge is -2.20. The molecule has 6 nitrogen and oxygen atoms in total. The largest absolute Gasteiger partial charge is 0.376 e. The lowest BCUT2D eigenvalue weighted by atomic mass is 10.1. The van der Waals surface area contributed by atoms with E-state index in [0.717, 1.165) is 31.4 Å². The van der Waals surface area contributed by atoms with Gasteiger partial charge in [0, 0.05) is 26.4 Å². The molecule has 2 N–H and O–H groups in total. The smallest absolute Gasteiger partial charge is 0.315 e. The number of aryl methyl sites for hydroxylation is 1. The van der Waals surface area contributed by atoms with Crippen LogP contribution >= 0.6 is 0 Å². The van der Waals surface area contributed by atoms with Crippen molar-refractivity contribution in [2.24, 2.45) is 7.05 Å². The van der Waals surface area contributed by atoms with E-state index in [1.807, 2.05) is 26.4 Å². The highest BCUT2D eigenvalue weighted by molar-refractivity contribution is 5.74. The van der Waals surface area contributed by atoms with Crippen LogP contribution < -0.4 is 10.6 Å². The van der Waals surface area contributed by atoms with Gasteiger partial charge in [-0.3, -0.25) is 4.68 Å². The fourth-order valence-corrected chi connectivity index (χ4v) is 2.27. The molecule has 0 saturated carbocycles. The molecule has 0 aliphatic carbocycles. The number of ether oxygens (including phenoxy) is 1. The molecular formula is C13H22N4O2. The van der Waals surface area contributed by atoms with Crippen LogP contribution in [-0.2, 0) is 18.2 Å². The number of hydrogen-bond donors (Lipinski definition) is 2. The van der Waals surface area contributed by atoms with E-state index in [4.69, 9.17) is 4.74 Å². The highest BCUT2D eigenvalue weighted by Crippen LogP contribution is 2.15. The van der Waals surface area contributed by atoms with Gasteiger partial charge in [-0.2, -0.15) is 5.10 Å². The summed E-state index contributed by atoms with van der Waals surface area (Å²) in [5, 5.41) is 9.86. The van der Waals surface area contributed by atoms with Crippen LogP contribution in [0.4, 0.5) is 4.79 Å². The van der Waals surface area contributed by atoms with Crippen molar-refractivity contribution in [3.8, 4) is 0 Å². The number of nitrogens with zero attached hydrogens (tertiary/aromatic N) is 2. The molecule has 2 heterocycles. The van der Waals surface area contributed by atoms with E-state index >= 15 is 0 Å². The van der Waals surface area contributed by atoms with Crippen LogP contribution in [0.5, 0.6) is 0 Å². The van der Waals surface area contributed by atoms with Crippen LogP contribution in [0.3, 0.4) is 0 Å². The number of aromatic nitrogens is 2. The average Bonchev–Trinajstić information content (AvgIpc) is 3.00. The maximum absolute atomic E-state index is 11.7. The molecule has 0 bridgehead atoms. The van der Waals surface area contributed by atoms with Gasteiger partial charge in [-0.25, -0.2) is 4.79 Å². The third-order valence-electron chi connectivity index (χ3n) is 3.34. The molecule has 1 aliphatic rings. The summed E-state index contributed by atoms with van der Waals surface area (Å²) >= 11 is 0. The van der Waals surface area contributed by atoms with E-state index in [2.05, 4.69) is 15.7 Å². The Morgan fingerprint density at radius 1 is 1.68 bits per heavy atom. The molecule has 19 heavy (non-hydrogen) atoms. The van der Waals surface area contributed by atoms with Gasteiger partial charge in [0.1, 0.15) is 0 Å². The van der Waals surface area contributed by atoms with Crippen molar-refractivity contribution in [3.63, 3.8) is 0 Å². The Hall–Kier alpha value is -1.56. The molecule has 1 saturated heterocycles. The van der Waals surface area contributed by atoms with Gasteiger partial charge in [0.05, 0.1) is 18.3 Å². The second-order valence-corrected chi connectivity index (χ2v) is 5.01. The number of amides is 2. The average molecular weight is 266 g/mol. The molecule has 2 unspecified atom stereocenters. The maximum Gasteiger partial charge on any atom is 0.315 e. The van der Waals surface area contributed by atoms with E-state index in [-0.39, 0.29) is 18.2 Å². The van der Waals surface area contributed by atoms with Gasteiger partial charge in [-0.05, 0) is 31.7 Å². The number of carbonyl (C=O) groups excluding carboxylic acids is 1. The molecule has 1 aromatic rings. The first-order chi connectivity index (χ1) is 9.15. The Morgan fingerprint density at radius 3 is 3.16 bits per heavy atom. The molecule has 1 aromatic heterocycles. The summed E-state index contributed by atoms with van der Waals surface area (Å²) in [4.78, 5) is 11.7. The maximum atomic E-state index is 11.7. The molecule has 2 rings (SSSR count). The molecule has 1 fully saturated rings. The van der Waals surface area contributed by atoms with Gasteiger partial charge in [0.25, 0.3) is 0 Å². The van der Waals surface area contributed by atoms with Crippen molar-refractivity contribution in [3.05, 3.63) is 18.0 Å². The minimum absolute atomic E-state index is 0.0564. The first-order valence-electron chi connectivity index (χ1n) is 6.78. The highest BCUT2D eigenvalue weighted by atomic mass is 16.5. The van der Waals surface area contributed by atoms with Crippen molar-refractivity contribution in [1.29, 1.82) is 0 Å². The third-order valence-corrected chi connectivity index (χ3v) is 3.34. The summed E-state index contributed by atoms with van der Waals surface area (Å²) in [5.74, 6) is 0. The lowest BCUT2D eigenvalue weighted by Crippen LogP contribution is -2.46. The molecule has 0 radical (unpaired) electrons.